The number of hydrogen-bond acceptors (Lipinski definition) is 1. The molecule has 2 aromatic carbocycles. The molecule has 2 heterocycles. The third kappa shape index (κ3) is 2.30. The van der Waals surface area contributed by atoms with Crippen LogP contribution in [0.5, 0.6) is 0 Å². The van der Waals surface area contributed by atoms with Crippen molar-refractivity contribution < 1.29 is 0 Å². The monoisotopic (exact) mass is 360 g/mol. The Hall–Kier alpha value is -1.58. The van der Waals surface area contributed by atoms with Crippen LogP contribution in [-0.4, -0.2) is 16.8 Å². The van der Waals surface area contributed by atoms with E-state index in [0.717, 1.165) is 40.3 Å². The summed E-state index contributed by atoms with van der Waals surface area (Å²) in [6.07, 6.45) is 2.01. The van der Waals surface area contributed by atoms with Gasteiger partial charge in [0, 0.05) is 29.3 Å². The van der Waals surface area contributed by atoms with Crippen LogP contribution in [0.2, 0.25) is 5.02 Å². The van der Waals surface area contributed by atoms with Crippen molar-refractivity contribution in [2.75, 3.05) is 6.54 Å². The molecule has 21 heavy (non-hydrogen) atoms. The van der Waals surface area contributed by atoms with Crippen molar-refractivity contribution >= 4 is 45.2 Å². The summed E-state index contributed by atoms with van der Waals surface area (Å²) in [4.78, 5) is 4.79. The summed E-state index contributed by atoms with van der Waals surface area (Å²) in [5, 5.41) is 1.92. The topological polar surface area (TPSA) is 17.3 Å². The molecule has 2 nitrogen and oxygen atoms in total. The SMILES string of the molecule is Br.Clc1cn2c3c(cccc13)C(c1ccccc1)=NCC2. The van der Waals surface area contributed by atoms with Crippen LogP contribution in [0, 0.1) is 0 Å². The standard InChI is InChI=1S/C17H13ClN2.BrH/c18-15-11-20-10-9-19-16(12-5-2-1-3-6-12)14-8-4-7-13(15)17(14)20;/h1-8,11H,9-10H2;1H. The maximum Gasteiger partial charge on any atom is 0.0740 e. The van der Waals surface area contributed by atoms with Gasteiger partial charge in [0.15, 0.2) is 0 Å². The van der Waals surface area contributed by atoms with Crippen molar-refractivity contribution in [3.8, 4) is 0 Å². The van der Waals surface area contributed by atoms with Crippen LogP contribution in [-0.2, 0) is 6.54 Å². The van der Waals surface area contributed by atoms with Crippen LogP contribution in [0.3, 0.4) is 0 Å². The summed E-state index contributed by atoms with van der Waals surface area (Å²) in [6.45, 7) is 1.65. The molecule has 1 aliphatic heterocycles. The van der Waals surface area contributed by atoms with E-state index < -0.39 is 0 Å². The zero-order chi connectivity index (χ0) is 13.5. The van der Waals surface area contributed by atoms with Gasteiger partial charge in [0.2, 0.25) is 0 Å². The zero-order valence-corrected chi connectivity index (χ0v) is 13.8. The minimum absolute atomic E-state index is 0. The lowest BCUT2D eigenvalue weighted by atomic mass is 10.0. The van der Waals surface area contributed by atoms with E-state index in [2.05, 4.69) is 47.0 Å². The van der Waals surface area contributed by atoms with E-state index in [0.29, 0.717) is 0 Å². The first-order valence-electron chi connectivity index (χ1n) is 6.72. The highest BCUT2D eigenvalue weighted by atomic mass is 79.9. The summed E-state index contributed by atoms with van der Waals surface area (Å²) < 4.78 is 2.21. The predicted molar refractivity (Wildman–Crippen MR) is 94.2 cm³/mol. The van der Waals surface area contributed by atoms with Gasteiger partial charge in [-0.25, -0.2) is 0 Å². The van der Waals surface area contributed by atoms with Gasteiger partial charge in [-0.05, 0) is 0 Å². The summed E-state index contributed by atoms with van der Waals surface area (Å²) in [6, 6.07) is 16.6. The Labute approximate surface area is 138 Å². The maximum atomic E-state index is 6.34. The summed E-state index contributed by atoms with van der Waals surface area (Å²) in [5.74, 6) is 0. The first kappa shape index (κ1) is 14.4. The van der Waals surface area contributed by atoms with E-state index in [-0.39, 0.29) is 17.0 Å². The average Bonchev–Trinajstić information content (AvgIpc) is 2.70. The molecule has 0 fully saturated rings. The number of halogens is 2. The van der Waals surface area contributed by atoms with E-state index in [1.807, 2.05) is 12.3 Å². The van der Waals surface area contributed by atoms with E-state index >= 15 is 0 Å². The molecule has 1 aromatic heterocycles. The van der Waals surface area contributed by atoms with E-state index in [1.54, 1.807) is 0 Å². The molecule has 4 rings (SSSR count). The van der Waals surface area contributed by atoms with Crippen molar-refractivity contribution in [3.63, 3.8) is 0 Å². The molecule has 0 amide bonds. The molecule has 1 aliphatic rings. The molecule has 0 aliphatic carbocycles. The third-order valence-corrected chi connectivity index (χ3v) is 4.06. The Bertz CT molecular complexity index is 821. The van der Waals surface area contributed by atoms with E-state index in [9.17, 15) is 0 Å². The van der Waals surface area contributed by atoms with Gasteiger partial charge in [-0.2, -0.15) is 0 Å². The van der Waals surface area contributed by atoms with Crippen LogP contribution in [0.4, 0.5) is 0 Å². The fourth-order valence-electron chi connectivity index (χ4n) is 2.88. The molecule has 4 heteroatoms. The molecule has 0 saturated carbocycles. The molecule has 0 bridgehead atoms. The summed E-state index contributed by atoms with van der Waals surface area (Å²) in [5.41, 5.74) is 4.58. The molecular formula is C17H14BrClN2. The lowest BCUT2D eigenvalue weighted by Crippen LogP contribution is -2.03. The zero-order valence-electron chi connectivity index (χ0n) is 11.3. The second kappa shape index (κ2) is 5.66. The van der Waals surface area contributed by atoms with Gasteiger partial charge < -0.3 is 4.57 Å². The van der Waals surface area contributed by atoms with Crippen LogP contribution in [0.15, 0.2) is 59.7 Å². The summed E-state index contributed by atoms with van der Waals surface area (Å²) >= 11 is 6.34. The fourth-order valence-corrected chi connectivity index (χ4v) is 3.15. The van der Waals surface area contributed by atoms with Gasteiger partial charge in [0.25, 0.3) is 0 Å². The number of benzene rings is 2. The Morgan fingerprint density at radius 2 is 1.81 bits per heavy atom. The average molecular weight is 362 g/mol. The highest BCUT2D eigenvalue weighted by molar-refractivity contribution is 8.93. The number of aromatic nitrogens is 1. The number of rotatable bonds is 1. The molecule has 0 N–H and O–H groups in total. The fraction of sp³-hybridized carbons (Fsp3) is 0.118. The van der Waals surface area contributed by atoms with Crippen molar-refractivity contribution in [1.82, 2.24) is 4.57 Å². The molecule has 3 aromatic rings. The van der Waals surface area contributed by atoms with Gasteiger partial charge in [-0.1, -0.05) is 60.1 Å². The number of nitrogens with zero attached hydrogens (tertiary/aromatic N) is 2. The molecule has 106 valence electrons. The lowest BCUT2D eigenvalue weighted by Gasteiger charge is -2.08. The van der Waals surface area contributed by atoms with Crippen LogP contribution in [0.25, 0.3) is 10.9 Å². The van der Waals surface area contributed by atoms with Crippen LogP contribution < -0.4 is 0 Å². The number of aliphatic imine (C=N–C) groups is 1. The van der Waals surface area contributed by atoms with Crippen molar-refractivity contribution in [3.05, 3.63) is 70.9 Å². The second-order valence-corrected chi connectivity index (χ2v) is 5.38. The molecule has 0 atom stereocenters. The molecule has 0 saturated heterocycles. The second-order valence-electron chi connectivity index (χ2n) is 4.97. The smallest absolute Gasteiger partial charge is 0.0740 e. The van der Waals surface area contributed by atoms with Crippen LogP contribution in [0.1, 0.15) is 11.1 Å². The maximum absolute atomic E-state index is 6.34. The first-order valence-corrected chi connectivity index (χ1v) is 7.10. The highest BCUT2D eigenvalue weighted by Gasteiger charge is 2.18. The molecule has 0 spiro atoms. The van der Waals surface area contributed by atoms with E-state index in [1.165, 1.54) is 5.52 Å². The van der Waals surface area contributed by atoms with Crippen molar-refractivity contribution in [2.24, 2.45) is 4.99 Å². The Balaban J connectivity index is 0.00000132. The summed E-state index contributed by atoms with van der Waals surface area (Å²) in [7, 11) is 0. The number of para-hydroxylation sites is 1. The van der Waals surface area contributed by atoms with E-state index in [4.69, 9.17) is 16.6 Å². The molecule has 0 radical (unpaired) electrons. The van der Waals surface area contributed by atoms with Gasteiger partial charge in [0.1, 0.15) is 0 Å². The number of hydrogen-bond donors (Lipinski definition) is 0. The normalized spacial score (nSPS) is 13.5. The minimum Gasteiger partial charge on any atom is -0.344 e. The molecular weight excluding hydrogens is 348 g/mol. The van der Waals surface area contributed by atoms with Gasteiger partial charge in [-0.15, -0.1) is 17.0 Å². The highest BCUT2D eigenvalue weighted by Crippen LogP contribution is 2.31. The van der Waals surface area contributed by atoms with Crippen molar-refractivity contribution in [2.45, 2.75) is 6.54 Å². The predicted octanol–water partition coefficient (Wildman–Crippen LogP) is 4.72. The quantitative estimate of drug-likeness (QED) is 0.596. The Morgan fingerprint density at radius 1 is 1.00 bits per heavy atom. The van der Waals surface area contributed by atoms with Gasteiger partial charge in [-0.3, -0.25) is 4.99 Å². The minimum atomic E-state index is 0. The lowest BCUT2D eigenvalue weighted by molar-refractivity contribution is 0.742. The van der Waals surface area contributed by atoms with Gasteiger partial charge >= 0.3 is 0 Å². The third-order valence-electron chi connectivity index (χ3n) is 3.76. The van der Waals surface area contributed by atoms with Crippen LogP contribution >= 0.6 is 28.6 Å². The Morgan fingerprint density at radius 3 is 2.62 bits per heavy atom. The first-order chi connectivity index (χ1) is 9.84. The largest absolute Gasteiger partial charge is 0.344 e. The molecule has 0 unspecified atom stereocenters. The van der Waals surface area contributed by atoms with Gasteiger partial charge in [0.05, 0.1) is 22.8 Å². The Kier molecular flexibility index (Phi) is 3.87. The van der Waals surface area contributed by atoms with Crippen molar-refractivity contribution in [1.29, 1.82) is 0 Å².